The Balaban J connectivity index is 1.84. The summed E-state index contributed by atoms with van der Waals surface area (Å²) in [4.78, 5) is 0. The number of hydrogen-bond acceptors (Lipinski definition) is 0. The monoisotopic (exact) mass is 469 g/mol. The molecule has 7 aromatic carbocycles. The topological polar surface area (TPSA) is 0 Å². The van der Waals surface area contributed by atoms with E-state index >= 15 is 0 Å². The minimum atomic E-state index is -0.703. The largest absolute Gasteiger partial charge is 0.0629 e. The SMILES string of the molecule is [2H]c1c([2H])c([2H])c(-c2c3c([2H])c([2H])c([2H])c([2H])c3c(-c3ccc(-c4ccccc4)c4ccccc34)c3c([2H])c([2H])c([2H])c([2H])c23)c([2H])c1[2H]. The van der Waals surface area contributed by atoms with Crippen LogP contribution < -0.4 is 0 Å². The molecule has 0 saturated carbocycles. The van der Waals surface area contributed by atoms with Gasteiger partial charge in [0.2, 0.25) is 0 Å². The van der Waals surface area contributed by atoms with Gasteiger partial charge in [-0.1, -0.05) is 145 Å². The zero-order valence-electron chi connectivity index (χ0n) is 31.9. The summed E-state index contributed by atoms with van der Waals surface area (Å²) in [7, 11) is 0. The summed E-state index contributed by atoms with van der Waals surface area (Å²) in [6, 6.07) is 12.5. The highest BCUT2D eigenvalue weighted by Crippen LogP contribution is 2.46. The molecule has 168 valence electrons. The molecule has 0 spiro atoms. The summed E-state index contributed by atoms with van der Waals surface area (Å²) in [5, 5.41) is 0.748. The van der Waals surface area contributed by atoms with Gasteiger partial charge >= 0.3 is 0 Å². The number of hydrogen-bond donors (Lipinski definition) is 0. The molecular formula is C36H24. The molecule has 7 aromatic rings. The minimum absolute atomic E-state index is 0.107. The third kappa shape index (κ3) is 3.23. The molecule has 0 aliphatic carbocycles. The molecule has 0 heterocycles. The number of benzene rings is 7. The Morgan fingerprint density at radius 2 is 0.806 bits per heavy atom. The van der Waals surface area contributed by atoms with E-state index in [1.165, 1.54) is 0 Å². The maximum absolute atomic E-state index is 9.20. The quantitative estimate of drug-likeness (QED) is 0.226. The van der Waals surface area contributed by atoms with Crippen LogP contribution in [0.15, 0.2) is 145 Å². The van der Waals surface area contributed by atoms with Crippen LogP contribution in [0.5, 0.6) is 0 Å². The third-order valence-electron chi connectivity index (χ3n) is 6.40. The molecule has 0 bridgehead atoms. The third-order valence-corrected chi connectivity index (χ3v) is 6.40. The fraction of sp³-hybridized carbons (Fsp3) is 0. The summed E-state index contributed by atoms with van der Waals surface area (Å²) < 4.78 is 114. The Hall–Kier alpha value is -4.68. The number of rotatable bonds is 3. The zero-order valence-corrected chi connectivity index (χ0v) is 18.9. The van der Waals surface area contributed by atoms with Crippen LogP contribution >= 0.6 is 0 Å². The van der Waals surface area contributed by atoms with Crippen molar-refractivity contribution >= 4 is 32.3 Å². The van der Waals surface area contributed by atoms with Crippen molar-refractivity contribution < 1.29 is 17.8 Å². The molecule has 0 radical (unpaired) electrons. The Morgan fingerprint density at radius 3 is 1.42 bits per heavy atom. The van der Waals surface area contributed by atoms with Gasteiger partial charge in [-0.2, -0.15) is 0 Å². The molecule has 0 heteroatoms. The summed E-state index contributed by atoms with van der Waals surface area (Å²) in [5.41, 5.74) is 1.58. The van der Waals surface area contributed by atoms with Crippen molar-refractivity contribution in [2.45, 2.75) is 0 Å². The smallest absolute Gasteiger partial charge is 0.0622 e. The van der Waals surface area contributed by atoms with Gasteiger partial charge in [0, 0.05) is 0 Å². The van der Waals surface area contributed by atoms with Crippen molar-refractivity contribution in [1.82, 2.24) is 0 Å². The maximum Gasteiger partial charge on any atom is 0.0629 e. The zero-order chi connectivity index (χ0) is 35.2. The van der Waals surface area contributed by atoms with E-state index in [4.69, 9.17) is 15.1 Å². The van der Waals surface area contributed by atoms with Gasteiger partial charge in [0.25, 0.3) is 0 Å². The van der Waals surface area contributed by atoms with Crippen LogP contribution in [0.4, 0.5) is 0 Å². The normalized spacial score (nSPS) is 16.4. The van der Waals surface area contributed by atoms with Gasteiger partial charge in [0.1, 0.15) is 0 Å². The van der Waals surface area contributed by atoms with Crippen LogP contribution in [0.25, 0.3) is 65.7 Å². The van der Waals surface area contributed by atoms with Crippen molar-refractivity contribution in [2.75, 3.05) is 0 Å². The van der Waals surface area contributed by atoms with Gasteiger partial charge in [-0.05, 0) is 65.7 Å². The summed E-state index contributed by atoms with van der Waals surface area (Å²) in [6.07, 6.45) is 0. The van der Waals surface area contributed by atoms with Crippen LogP contribution in [0, 0.1) is 0 Å². The fourth-order valence-electron chi connectivity index (χ4n) is 4.91. The number of fused-ring (bicyclic) bond motifs is 3. The van der Waals surface area contributed by atoms with E-state index in [1.807, 2.05) is 54.6 Å². The van der Waals surface area contributed by atoms with Crippen molar-refractivity contribution in [3.63, 3.8) is 0 Å². The molecule has 0 N–H and O–H groups in total. The van der Waals surface area contributed by atoms with Crippen LogP contribution in [0.1, 0.15) is 17.8 Å². The minimum Gasteiger partial charge on any atom is -0.0622 e. The van der Waals surface area contributed by atoms with Crippen LogP contribution in [0.2, 0.25) is 0 Å². The molecule has 0 aromatic heterocycles. The lowest BCUT2D eigenvalue weighted by molar-refractivity contribution is 1.64. The lowest BCUT2D eigenvalue weighted by Crippen LogP contribution is -1.92. The molecule has 0 atom stereocenters. The first-order valence-corrected chi connectivity index (χ1v) is 11.4. The van der Waals surface area contributed by atoms with Crippen LogP contribution in [-0.2, 0) is 0 Å². The standard InChI is InChI=1S/C36H24/c1-3-13-25(14-4-1)27-23-24-34(29-18-8-7-17-28(27)29)36-32-21-11-9-19-30(32)35(26-15-5-2-6-16-26)31-20-10-12-22-33(31)36/h1-24H/i2D,5D,6D,9D,10D,11D,12D,15D,16D,19D,20D,21D,22D. The second-order valence-electron chi connectivity index (χ2n) is 8.32. The van der Waals surface area contributed by atoms with Crippen molar-refractivity contribution in [1.29, 1.82) is 0 Å². The van der Waals surface area contributed by atoms with Gasteiger partial charge < -0.3 is 0 Å². The lowest BCUT2D eigenvalue weighted by atomic mass is 9.84. The van der Waals surface area contributed by atoms with E-state index in [0.29, 0.717) is 10.9 Å². The molecule has 0 nitrogen and oxygen atoms in total. The maximum atomic E-state index is 9.20. The van der Waals surface area contributed by atoms with E-state index in [1.54, 1.807) is 12.1 Å². The van der Waals surface area contributed by atoms with Gasteiger partial charge in [0.05, 0.1) is 17.8 Å². The average Bonchev–Trinajstić information content (AvgIpc) is 3.12. The van der Waals surface area contributed by atoms with Gasteiger partial charge in [-0.25, -0.2) is 0 Å². The molecule has 0 aliphatic heterocycles. The molecule has 0 aliphatic rings. The molecular weight excluding hydrogens is 432 g/mol. The first-order valence-electron chi connectivity index (χ1n) is 17.9. The van der Waals surface area contributed by atoms with Crippen LogP contribution in [-0.4, -0.2) is 0 Å². The Morgan fingerprint density at radius 1 is 0.333 bits per heavy atom. The second-order valence-corrected chi connectivity index (χ2v) is 8.32. The average molecular weight is 470 g/mol. The Labute approximate surface area is 229 Å². The Kier molecular flexibility index (Phi) is 2.69. The first-order chi connectivity index (χ1) is 23.3. The van der Waals surface area contributed by atoms with E-state index in [-0.39, 0.29) is 32.7 Å². The van der Waals surface area contributed by atoms with E-state index in [2.05, 4.69) is 0 Å². The van der Waals surface area contributed by atoms with Crippen LogP contribution in [0.3, 0.4) is 0 Å². The van der Waals surface area contributed by atoms with Crippen molar-refractivity contribution in [2.24, 2.45) is 0 Å². The fourth-order valence-corrected chi connectivity index (χ4v) is 4.91. The van der Waals surface area contributed by atoms with Gasteiger partial charge in [-0.3, -0.25) is 0 Å². The van der Waals surface area contributed by atoms with E-state index < -0.39 is 84.1 Å². The lowest BCUT2D eigenvalue weighted by Gasteiger charge is -2.19. The van der Waals surface area contributed by atoms with Gasteiger partial charge in [0.15, 0.2) is 0 Å². The predicted molar refractivity (Wildman–Crippen MR) is 155 cm³/mol. The van der Waals surface area contributed by atoms with Crippen molar-refractivity contribution in [3.8, 4) is 33.4 Å². The molecule has 0 amide bonds. The first kappa shape index (κ1) is 11.4. The Bertz CT molecular complexity index is 2470. The molecule has 36 heavy (non-hydrogen) atoms. The molecule has 0 unspecified atom stereocenters. The summed E-state index contributed by atoms with van der Waals surface area (Å²) >= 11 is 0. The highest BCUT2D eigenvalue weighted by atomic mass is 14.2. The second kappa shape index (κ2) is 8.52. The molecule has 7 rings (SSSR count). The van der Waals surface area contributed by atoms with E-state index in [9.17, 15) is 2.74 Å². The van der Waals surface area contributed by atoms with Crippen molar-refractivity contribution in [3.05, 3.63) is 145 Å². The molecule has 0 fully saturated rings. The summed E-state index contributed by atoms with van der Waals surface area (Å²) in [5.74, 6) is 0. The molecule has 0 saturated heterocycles. The highest BCUT2D eigenvalue weighted by Gasteiger charge is 2.18. The summed E-state index contributed by atoms with van der Waals surface area (Å²) in [6.45, 7) is 0. The van der Waals surface area contributed by atoms with Gasteiger partial charge in [-0.15, -0.1) is 0 Å². The highest BCUT2D eigenvalue weighted by molar-refractivity contribution is 6.24. The predicted octanol–water partition coefficient (Wildman–Crippen LogP) is 10.1. The van der Waals surface area contributed by atoms with E-state index in [0.717, 1.165) is 16.5 Å².